The molecule has 0 spiro atoms. The Kier molecular flexibility index (Phi) is 4.76. The minimum Gasteiger partial charge on any atom is -0.364 e. The van der Waals surface area contributed by atoms with Crippen LogP contribution < -0.4 is 5.73 Å². The van der Waals surface area contributed by atoms with Crippen LogP contribution in [-0.2, 0) is 16.1 Å². The predicted octanol–water partition coefficient (Wildman–Crippen LogP) is 2.55. The lowest BCUT2D eigenvalue weighted by Gasteiger charge is -2.19. The molecule has 30 heavy (non-hydrogen) atoms. The average molecular weight is 409 g/mol. The first kappa shape index (κ1) is 19.9. The smallest absolute Gasteiger partial charge is 0.267 e. The van der Waals surface area contributed by atoms with Crippen molar-refractivity contribution in [1.82, 2.24) is 9.88 Å². The largest absolute Gasteiger partial charge is 0.364 e. The summed E-state index contributed by atoms with van der Waals surface area (Å²) in [6.45, 7) is 3.29. The molecule has 154 valence electrons. The molecule has 0 aliphatic carbocycles. The van der Waals surface area contributed by atoms with Crippen molar-refractivity contribution < 1.29 is 23.8 Å². The second kappa shape index (κ2) is 7.16. The van der Waals surface area contributed by atoms with E-state index in [1.807, 2.05) is 0 Å². The zero-order chi connectivity index (χ0) is 21.6. The Morgan fingerprint density at radius 2 is 1.93 bits per heavy atom. The van der Waals surface area contributed by atoms with E-state index in [0.717, 1.165) is 5.39 Å². The highest BCUT2D eigenvalue weighted by molar-refractivity contribution is 6.01. The molecule has 1 unspecified atom stereocenters. The number of aliphatic hydroxyl groups excluding tert-OH is 1. The van der Waals surface area contributed by atoms with Crippen LogP contribution in [0, 0.1) is 5.82 Å². The molecule has 3 N–H and O–H groups in total. The summed E-state index contributed by atoms with van der Waals surface area (Å²) in [5.41, 5.74) is 6.98. The first-order valence-electron chi connectivity index (χ1n) is 9.32. The summed E-state index contributed by atoms with van der Waals surface area (Å²) in [6, 6.07) is 12.8. The third kappa shape index (κ3) is 3.51. The van der Waals surface area contributed by atoms with Gasteiger partial charge in [0.25, 0.3) is 11.8 Å². The maximum absolute atomic E-state index is 13.3. The Labute approximate surface area is 171 Å². The molecule has 2 aromatic carbocycles. The van der Waals surface area contributed by atoms with Crippen molar-refractivity contribution in [2.45, 2.75) is 32.4 Å². The third-order valence-electron chi connectivity index (χ3n) is 5.08. The molecular formula is C22H20FN3O4. The summed E-state index contributed by atoms with van der Waals surface area (Å²) >= 11 is 0. The Balaban J connectivity index is 1.78. The fourth-order valence-corrected chi connectivity index (χ4v) is 3.54. The molecule has 4 rings (SSSR count). The molecule has 0 saturated carbocycles. The number of aliphatic hydroxyl groups is 1. The number of hydrogen-bond acceptors (Lipinski definition) is 5. The Morgan fingerprint density at radius 1 is 1.23 bits per heavy atom. The fraction of sp³-hybridized carbons (Fsp3) is 0.227. The number of nitrogens with two attached hydrogens (primary N) is 1. The lowest BCUT2D eigenvalue weighted by atomic mass is 9.98. The Bertz CT molecular complexity index is 1160. The van der Waals surface area contributed by atoms with Gasteiger partial charge in [0.15, 0.2) is 0 Å². The van der Waals surface area contributed by atoms with Crippen molar-refractivity contribution >= 4 is 22.7 Å². The summed E-state index contributed by atoms with van der Waals surface area (Å²) in [5, 5.41) is 10.8. The molecule has 2 heterocycles. The van der Waals surface area contributed by atoms with E-state index in [9.17, 15) is 19.1 Å². The number of amides is 2. The van der Waals surface area contributed by atoms with Crippen LogP contribution in [-0.4, -0.2) is 38.8 Å². The quantitative estimate of drug-likeness (QED) is 0.689. The number of ether oxygens (including phenoxy) is 1. The van der Waals surface area contributed by atoms with Crippen LogP contribution in [0.5, 0.6) is 0 Å². The van der Waals surface area contributed by atoms with Crippen molar-refractivity contribution in [1.29, 1.82) is 0 Å². The number of halogens is 1. The molecule has 0 bridgehead atoms. The number of carbonyl (C=O) groups excluding carboxylic acids is 2. The molecule has 7 nitrogen and oxygen atoms in total. The van der Waals surface area contributed by atoms with E-state index in [-0.39, 0.29) is 24.0 Å². The van der Waals surface area contributed by atoms with Crippen LogP contribution >= 0.6 is 0 Å². The molecule has 1 aliphatic heterocycles. The van der Waals surface area contributed by atoms with Gasteiger partial charge in [0.05, 0.1) is 12.1 Å². The third-order valence-corrected chi connectivity index (χ3v) is 5.08. The van der Waals surface area contributed by atoms with E-state index in [0.29, 0.717) is 22.2 Å². The zero-order valence-electron chi connectivity index (χ0n) is 16.4. The molecule has 1 aliphatic rings. The first-order chi connectivity index (χ1) is 14.2. The van der Waals surface area contributed by atoms with E-state index in [2.05, 4.69) is 4.98 Å². The van der Waals surface area contributed by atoms with E-state index in [1.165, 1.54) is 17.0 Å². The van der Waals surface area contributed by atoms with Gasteiger partial charge in [-0.1, -0.05) is 24.3 Å². The molecular weight excluding hydrogens is 389 g/mol. The maximum Gasteiger partial charge on any atom is 0.267 e. The van der Waals surface area contributed by atoms with Gasteiger partial charge in [-0.15, -0.1) is 0 Å². The molecule has 0 radical (unpaired) electrons. The van der Waals surface area contributed by atoms with E-state index < -0.39 is 17.9 Å². The highest BCUT2D eigenvalue weighted by atomic mass is 19.1. The van der Waals surface area contributed by atoms with Crippen LogP contribution in [0.15, 0.2) is 48.5 Å². The molecule has 3 aromatic rings. The van der Waals surface area contributed by atoms with Gasteiger partial charge in [0, 0.05) is 5.39 Å². The summed E-state index contributed by atoms with van der Waals surface area (Å²) in [4.78, 5) is 29.8. The molecule has 1 atom stereocenters. The standard InChI is InChI=1S/C22H20FN3O4/c1-22(2)20(28)26(21(29)30-22)11-12-3-8-15-16(13-4-6-14(23)7-5-13)10-18(19(24)27)25-17(15)9-12/h3-10,21,29H,11H2,1-2H3,(H2,24,27). The van der Waals surface area contributed by atoms with Crippen molar-refractivity contribution in [2.75, 3.05) is 0 Å². The van der Waals surface area contributed by atoms with Crippen LogP contribution in [0.25, 0.3) is 22.0 Å². The van der Waals surface area contributed by atoms with Crippen molar-refractivity contribution in [3.63, 3.8) is 0 Å². The number of aromatic nitrogens is 1. The average Bonchev–Trinajstić information content (AvgIpc) is 2.89. The molecule has 8 heteroatoms. The normalized spacial score (nSPS) is 18.2. The number of primary amides is 1. The SMILES string of the molecule is CC1(C)OC(O)N(Cc2ccc3c(-c4ccc(F)cc4)cc(C(N)=O)nc3c2)C1=O. The number of pyridine rings is 1. The van der Waals surface area contributed by atoms with Crippen molar-refractivity contribution in [3.8, 4) is 11.1 Å². The summed E-state index contributed by atoms with van der Waals surface area (Å²) in [5.74, 6) is -1.39. The number of fused-ring (bicyclic) bond motifs is 1. The van der Waals surface area contributed by atoms with Crippen molar-refractivity contribution in [3.05, 3.63) is 65.6 Å². The van der Waals surface area contributed by atoms with Gasteiger partial charge in [0.2, 0.25) is 6.41 Å². The van der Waals surface area contributed by atoms with Gasteiger partial charge < -0.3 is 15.6 Å². The lowest BCUT2D eigenvalue weighted by molar-refractivity contribution is -0.169. The van der Waals surface area contributed by atoms with Crippen LogP contribution in [0.3, 0.4) is 0 Å². The van der Waals surface area contributed by atoms with E-state index >= 15 is 0 Å². The van der Waals surface area contributed by atoms with Gasteiger partial charge in [-0.25, -0.2) is 9.37 Å². The highest BCUT2D eigenvalue weighted by Gasteiger charge is 2.45. The Hall–Kier alpha value is -3.36. The summed E-state index contributed by atoms with van der Waals surface area (Å²) in [6.07, 6.45) is -1.34. The van der Waals surface area contributed by atoms with Gasteiger partial charge >= 0.3 is 0 Å². The van der Waals surface area contributed by atoms with Crippen LogP contribution in [0.2, 0.25) is 0 Å². The number of nitrogens with zero attached hydrogens (tertiary/aromatic N) is 2. The van der Waals surface area contributed by atoms with Gasteiger partial charge in [-0.2, -0.15) is 0 Å². The minimum absolute atomic E-state index is 0.0701. The van der Waals surface area contributed by atoms with Gasteiger partial charge in [-0.05, 0) is 54.8 Å². The van der Waals surface area contributed by atoms with E-state index in [1.54, 1.807) is 50.2 Å². The van der Waals surface area contributed by atoms with Gasteiger partial charge in [-0.3, -0.25) is 14.5 Å². The number of carbonyl (C=O) groups is 2. The first-order valence-corrected chi connectivity index (χ1v) is 9.32. The number of hydrogen-bond donors (Lipinski definition) is 2. The predicted molar refractivity (Wildman–Crippen MR) is 107 cm³/mol. The summed E-state index contributed by atoms with van der Waals surface area (Å²) < 4.78 is 18.6. The van der Waals surface area contributed by atoms with Crippen LogP contribution in [0.4, 0.5) is 4.39 Å². The topological polar surface area (TPSA) is 106 Å². The highest BCUT2D eigenvalue weighted by Crippen LogP contribution is 2.31. The van der Waals surface area contributed by atoms with Crippen molar-refractivity contribution in [2.24, 2.45) is 5.73 Å². The molecule has 1 fully saturated rings. The minimum atomic E-state index is -1.34. The second-order valence-corrected chi connectivity index (χ2v) is 7.67. The van der Waals surface area contributed by atoms with E-state index in [4.69, 9.17) is 10.5 Å². The van der Waals surface area contributed by atoms with Gasteiger partial charge in [0.1, 0.15) is 17.1 Å². The number of benzene rings is 2. The second-order valence-electron chi connectivity index (χ2n) is 7.67. The fourth-order valence-electron chi connectivity index (χ4n) is 3.54. The maximum atomic E-state index is 13.3. The lowest BCUT2D eigenvalue weighted by Crippen LogP contribution is -2.37. The molecule has 2 amide bonds. The van der Waals surface area contributed by atoms with Crippen LogP contribution in [0.1, 0.15) is 29.9 Å². The Morgan fingerprint density at radius 3 is 2.53 bits per heavy atom. The zero-order valence-corrected chi connectivity index (χ0v) is 16.4. The number of rotatable bonds is 4. The molecule has 1 aromatic heterocycles. The summed E-state index contributed by atoms with van der Waals surface area (Å²) in [7, 11) is 0. The monoisotopic (exact) mass is 409 g/mol. The molecule has 1 saturated heterocycles.